The molecule has 6 heteroatoms. The molecule has 2 aliphatic rings. The molecule has 0 N–H and O–H groups in total. The van der Waals surface area contributed by atoms with Gasteiger partial charge in [-0.05, 0) is 30.5 Å². The van der Waals surface area contributed by atoms with Gasteiger partial charge in [0, 0.05) is 50.3 Å². The summed E-state index contributed by atoms with van der Waals surface area (Å²) in [6.07, 6.45) is 5.54. The Balaban J connectivity index is 1.64. The Hall–Kier alpha value is -2.21. The highest BCUT2D eigenvalue weighted by atomic mass is 19.1. The van der Waals surface area contributed by atoms with Gasteiger partial charge in [0.25, 0.3) is 0 Å². The quantitative estimate of drug-likeness (QED) is 0.845. The van der Waals surface area contributed by atoms with Crippen LogP contribution >= 0.6 is 0 Å². The van der Waals surface area contributed by atoms with E-state index in [0.29, 0.717) is 32.7 Å². The number of nitrogens with zero attached hydrogens (tertiary/aromatic N) is 3. The highest BCUT2D eigenvalue weighted by Gasteiger charge is 2.27. The predicted octanol–water partition coefficient (Wildman–Crippen LogP) is 2.74. The second-order valence-electron chi connectivity index (χ2n) is 7.01. The molecule has 1 aromatic carbocycles. The van der Waals surface area contributed by atoms with Gasteiger partial charge in [0.05, 0.1) is 13.2 Å². The maximum Gasteiger partial charge on any atom is 0.223 e. The van der Waals surface area contributed by atoms with Crippen LogP contribution in [0.2, 0.25) is 0 Å². The average molecular weight is 357 g/mol. The number of rotatable bonds is 4. The maximum atomic E-state index is 13.4. The first-order valence-corrected chi connectivity index (χ1v) is 9.37. The van der Waals surface area contributed by atoms with Crippen molar-refractivity contribution in [1.29, 1.82) is 0 Å². The fourth-order valence-electron chi connectivity index (χ4n) is 3.92. The lowest BCUT2D eigenvalue weighted by Crippen LogP contribution is -2.41. The molecule has 5 nitrogen and oxygen atoms in total. The summed E-state index contributed by atoms with van der Waals surface area (Å²) in [5.74, 6) is 0.846. The fraction of sp³-hybridized carbons (Fsp3) is 0.500. The van der Waals surface area contributed by atoms with Gasteiger partial charge in [0.15, 0.2) is 0 Å². The number of carbonyl (C=O) groups is 1. The molecule has 1 unspecified atom stereocenters. The van der Waals surface area contributed by atoms with Crippen LogP contribution in [-0.4, -0.2) is 46.7 Å². The molecule has 1 aromatic heterocycles. The van der Waals surface area contributed by atoms with E-state index in [9.17, 15) is 9.18 Å². The molecule has 1 amide bonds. The minimum absolute atomic E-state index is 0.106. The van der Waals surface area contributed by atoms with Gasteiger partial charge in [0.2, 0.25) is 5.91 Å². The van der Waals surface area contributed by atoms with Crippen LogP contribution in [0.5, 0.6) is 0 Å². The number of morpholine rings is 1. The topological polar surface area (TPSA) is 47.4 Å². The third kappa shape index (κ3) is 3.51. The number of aryl methyl sites for hydroxylation is 1. The Morgan fingerprint density at radius 1 is 1.15 bits per heavy atom. The summed E-state index contributed by atoms with van der Waals surface area (Å²) in [6.45, 7) is 3.40. The fourth-order valence-corrected chi connectivity index (χ4v) is 3.92. The standard InChI is InChI=1S/C20H24FN3O2/c21-16-6-4-15(5-7-16)17(13-20(25)23-9-11-26-12-10-23)18-14-22-19-3-1-2-8-24(18)19/h4-7,14,17H,1-3,8-13H2. The van der Waals surface area contributed by atoms with Crippen LogP contribution in [0.15, 0.2) is 30.5 Å². The minimum Gasteiger partial charge on any atom is -0.378 e. The Bertz CT molecular complexity index is 766. The number of hydrogen-bond acceptors (Lipinski definition) is 3. The number of carbonyl (C=O) groups excluding carboxylic acids is 1. The Morgan fingerprint density at radius 3 is 2.69 bits per heavy atom. The summed E-state index contributed by atoms with van der Waals surface area (Å²) in [7, 11) is 0. The Kier molecular flexibility index (Phi) is 5.02. The molecule has 0 bridgehead atoms. The SMILES string of the molecule is O=C(CC(c1ccc(F)cc1)c1cnc2n1CCCC2)N1CCOCC1. The smallest absolute Gasteiger partial charge is 0.223 e. The van der Waals surface area contributed by atoms with Crippen molar-refractivity contribution in [3.05, 3.63) is 53.4 Å². The van der Waals surface area contributed by atoms with E-state index in [2.05, 4.69) is 9.55 Å². The van der Waals surface area contributed by atoms with Gasteiger partial charge in [-0.2, -0.15) is 0 Å². The van der Waals surface area contributed by atoms with Gasteiger partial charge < -0.3 is 14.2 Å². The largest absolute Gasteiger partial charge is 0.378 e. The molecular formula is C20H24FN3O2. The van der Waals surface area contributed by atoms with Gasteiger partial charge >= 0.3 is 0 Å². The van der Waals surface area contributed by atoms with E-state index in [4.69, 9.17) is 4.74 Å². The number of fused-ring (bicyclic) bond motifs is 1. The van der Waals surface area contributed by atoms with Gasteiger partial charge in [-0.15, -0.1) is 0 Å². The van der Waals surface area contributed by atoms with Crippen molar-refractivity contribution in [2.75, 3.05) is 26.3 Å². The van der Waals surface area contributed by atoms with Crippen molar-refractivity contribution in [1.82, 2.24) is 14.5 Å². The van der Waals surface area contributed by atoms with E-state index in [1.165, 1.54) is 12.1 Å². The molecule has 0 radical (unpaired) electrons. The van der Waals surface area contributed by atoms with E-state index >= 15 is 0 Å². The molecular weight excluding hydrogens is 333 g/mol. The van der Waals surface area contributed by atoms with Crippen LogP contribution in [0, 0.1) is 5.82 Å². The summed E-state index contributed by atoms with van der Waals surface area (Å²) in [4.78, 5) is 19.3. The number of hydrogen-bond donors (Lipinski definition) is 0. The monoisotopic (exact) mass is 357 g/mol. The van der Waals surface area contributed by atoms with Crippen molar-refractivity contribution in [2.24, 2.45) is 0 Å². The molecule has 138 valence electrons. The third-order valence-electron chi connectivity index (χ3n) is 5.37. The Labute approximate surface area is 152 Å². The van der Waals surface area contributed by atoms with E-state index in [0.717, 1.165) is 42.9 Å². The van der Waals surface area contributed by atoms with Crippen LogP contribution in [0.4, 0.5) is 4.39 Å². The molecule has 0 spiro atoms. The molecule has 1 fully saturated rings. The first kappa shape index (κ1) is 17.2. The molecule has 0 aliphatic carbocycles. The molecule has 26 heavy (non-hydrogen) atoms. The van der Waals surface area contributed by atoms with E-state index < -0.39 is 0 Å². The summed E-state index contributed by atoms with van der Waals surface area (Å²) in [5, 5.41) is 0. The normalized spacial score (nSPS) is 18.4. The van der Waals surface area contributed by atoms with E-state index in [1.54, 1.807) is 12.1 Å². The third-order valence-corrected chi connectivity index (χ3v) is 5.37. The first-order chi connectivity index (χ1) is 12.7. The van der Waals surface area contributed by atoms with E-state index in [1.807, 2.05) is 11.1 Å². The zero-order valence-corrected chi connectivity index (χ0v) is 14.9. The number of halogens is 1. The van der Waals surface area contributed by atoms with Crippen molar-refractivity contribution in [3.8, 4) is 0 Å². The minimum atomic E-state index is -0.262. The zero-order chi connectivity index (χ0) is 17.9. The second-order valence-corrected chi connectivity index (χ2v) is 7.01. The van der Waals surface area contributed by atoms with Crippen LogP contribution < -0.4 is 0 Å². The van der Waals surface area contributed by atoms with Crippen molar-refractivity contribution in [3.63, 3.8) is 0 Å². The lowest BCUT2D eigenvalue weighted by molar-refractivity contribution is -0.135. The highest BCUT2D eigenvalue weighted by Crippen LogP contribution is 2.31. The lowest BCUT2D eigenvalue weighted by Gasteiger charge is -2.29. The van der Waals surface area contributed by atoms with Crippen molar-refractivity contribution < 1.29 is 13.9 Å². The van der Waals surface area contributed by atoms with E-state index in [-0.39, 0.29) is 17.6 Å². The van der Waals surface area contributed by atoms with Crippen LogP contribution in [-0.2, 0) is 22.5 Å². The number of aromatic nitrogens is 2. The van der Waals surface area contributed by atoms with Gasteiger partial charge in [-0.25, -0.2) is 9.37 Å². The van der Waals surface area contributed by atoms with Crippen LogP contribution in [0.1, 0.15) is 42.3 Å². The lowest BCUT2D eigenvalue weighted by atomic mass is 9.91. The number of amides is 1. The Morgan fingerprint density at radius 2 is 1.92 bits per heavy atom. The summed E-state index contributed by atoms with van der Waals surface area (Å²) < 4.78 is 21.0. The van der Waals surface area contributed by atoms with Crippen molar-refractivity contribution >= 4 is 5.91 Å². The van der Waals surface area contributed by atoms with Gasteiger partial charge in [0.1, 0.15) is 11.6 Å². The molecule has 0 saturated carbocycles. The summed E-state index contributed by atoms with van der Waals surface area (Å²) in [5.41, 5.74) is 2.02. The summed E-state index contributed by atoms with van der Waals surface area (Å²) in [6, 6.07) is 6.51. The number of ether oxygens (including phenoxy) is 1. The second kappa shape index (κ2) is 7.58. The maximum absolute atomic E-state index is 13.4. The number of benzene rings is 1. The number of imidazole rings is 1. The first-order valence-electron chi connectivity index (χ1n) is 9.37. The molecule has 3 heterocycles. The average Bonchev–Trinajstić information content (AvgIpc) is 3.11. The van der Waals surface area contributed by atoms with Crippen LogP contribution in [0.25, 0.3) is 0 Å². The summed E-state index contributed by atoms with van der Waals surface area (Å²) >= 11 is 0. The van der Waals surface area contributed by atoms with Gasteiger partial charge in [-0.1, -0.05) is 12.1 Å². The van der Waals surface area contributed by atoms with Crippen molar-refractivity contribution in [2.45, 2.75) is 38.1 Å². The molecule has 4 rings (SSSR count). The molecule has 2 aliphatic heterocycles. The predicted molar refractivity (Wildman–Crippen MR) is 95.4 cm³/mol. The molecule has 2 aromatic rings. The van der Waals surface area contributed by atoms with Crippen LogP contribution in [0.3, 0.4) is 0 Å². The van der Waals surface area contributed by atoms with Gasteiger partial charge in [-0.3, -0.25) is 4.79 Å². The molecule has 1 saturated heterocycles. The molecule has 1 atom stereocenters. The zero-order valence-electron chi connectivity index (χ0n) is 14.9. The highest BCUT2D eigenvalue weighted by molar-refractivity contribution is 5.77.